The largest absolute Gasteiger partial charge is 0.359 e. The molecular formula is C9H13NO. The summed E-state index contributed by atoms with van der Waals surface area (Å²) in [6.45, 7) is 0. The predicted molar refractivity (Wildman–Crippen MR) is 45.9 cm³/mol. The Labute approximate surface area is 67.7 Å². The minimum absolute atomic E-state index is 0.0651. The number of rotatable bonds is 4. The minimum Gasteiger partial charge on any atom is -0.359 e. The number of amides is 1. The van der Waals surface area contributed by atoms with Gasteiger partial charge in [-0.15, -0.1) is 12.3 Å². The van der Waals surface area contributed by atoms with Gasteiger partial charge < -0.3 is 5.32 Å². The third-order valence-electron chi connectivity index (χ3n) is 1.22. The van der Waals surface area contributed by atoms with Crippen LogP contribution < -0.4 is 5.32 Å². The first-order chi connectivity index (χ1) is 5.31. The second kappa shape index (κ2) is 6.88. The topological polar surface area (TPSA) is 29.1 Å². The fourth-order valence-corrected chi connectivity index (χ4v) is 0.609. The first kappa shape index (κ1) is 9.77. The zero-order valence-electron chi connectivity index (χ0n) is 6.76. The average Bonchev–Trinajstić information content (AvgIpc) is 2.04. The summed E-state index contributed by atoms with van der Waals surface area (Å²) < 4.78 is 0. The standard InChI is InChI=1S/C9H13NO/c1-3-4-5-6-7-8-9(11)10-2/h1,5-6H,4,7-8H2,2H3,(H,10,11). The number of hydrogen-bond donors (Lipinski definition) is 1. The summed E-state index contributed by atoms with van der Waals surface area (Å²) >= 11 is 0. The zero-order chi connectivity index (χ0) is 8.53. The molecule has 2 heteroatoms. The van der Waals surface area contributed by atoms with E-state index in [1.807, 2.05) is 12.2 Å². The zero-order valence-corrected chi connectivity index (χ0v) is 6.76. The van der Waals surface area contributed by atoms with Gasteiger partial charge in [-0.2, -0.15) is 0 Å². The molecule has 2 nitrogen and oxygen atoms in total. The number of nitrogens with one attached hydrogen (secondary N) is 1. The normalized spacial score (nSPS) is 9.45. The molecule has 0 fully saturated rings. The molecule has 0 aromatic heterocycles. The smallest absolute Gasteiger partial charge is 0.220 e. The van der Waals surface area contributed by atoms with Crippen molar-refractivity contribution in [1.29, 1.82) is 0 Å². The summed E-state index contributed by atoms with van der Waals surface area (Å²) in [5, 5.41) is 2.54. The Balaban J connectivity index is 3.28. The molecule has 0 saturated heterocycles. The van der Waals surface area contributed by atoms with Gasteiger partial charge in [0.2, 0.25) is 5.91 Å². The Morgan fingerprint density at radius 3 is 2.91 bits per heavy atom. The fourth-order valence-electron chi connectivity index (χ4n) is 0.609. The molecule has 11 heavy (non-hydrogen) atoms. The van der Waals surface area contributed by atoms with Crippen LogP contribution in [0, 0.1) is 12.3 Å². The molecule has 0 unspecified atom stereocenters. The maximum atomic E-state index is 10.7. The van der Waals surface area contributed by atoms with Gasteiger partial charge in [-0.1, -0.05) is 12.2 Å². The van der Waals surface area contributed by atoms with E-state index in [2.05, 4.69) is 11.2 Å². The highest BCUT2D eigenvalue weighted by Crippen LogP contribution is 1.91. The van der Waals surface area contributed by atoms with Crippen LogP contribution in [0.5, 0.6) is 0 Å². The molecule has 0 aromatic carbocycles. The second-order valence-electron chi connectivity index (χ2n) is 2.09. The fraction of sp³-hybridized carbons (Fsp3) is 0.444. The molecule has 0 aliphatic rings. The van der Waals surface area contributed by atoms with E-state index in [1.165, 1.54) is 0 Å². The summed E-state index contributed by atoms with van der Waals surface area (Å²) in [4.78, 5) is 10.7. The van der Waals surface area contributed by atoms with Crippen molar-refractivity contribution in [3.05, 3.63) is 12.2 Å². The van der Waals surface area contributed by atoms with Gasteiger partial charge in [-0.05, 0) is 6.42 Å². The second-order valence-corrected chi connectivity index (χ2v) is 2.09. The van der Waals surface area contributed by atoms with E-state index in [1.54, 1.807) is 7.05 Å². The maximum absolute atomic E-state index is 10.7. The lowest BCUT2D eigenvalue weighted by Gasteiger charge is -1.93. The summed E-state index contributed by atoms with van der Waals surface area (Å²) in [7, 11) is 1.63. The number of carbonyl (C=O) groups is 1. The van der Waals surface area contributed by atoms with E-state index in [-0.39, 0.29) is 5.91 Å². The Morgan fingerprint density at radius 2 is 2.36 bits per heavy atom. The van der Waals surface area contributed by atoms with E-state index >= 15 is 0 Å². The highest BCUT2D eigenvalue weighted by molar-refractivity contribution is 5.75. The van der Waals surface area contributed by atoms with Gasteiger partial charge in [0.1, 0.15) is 0 Å². The van der Waals surface area contributed by atoms with Gasteiger partial charge in [-0.3, -0.25) is 4.79 Å². The third kappa shape index (κ3) is 6.66. The first-order valence-electron chi connectivity index (χ1n) is 3.60. The summed E-state index contributed by atoms with van der Waals surface area (Å²) in [6, 6.07) is 0. The summed E-state index contributed by atoms with van der Waals surface area (Å²) in [5.74, 6) is 2.55. The van der Waals surface area contributed by atoms with Crippen LogP contribution >= 0.6 is 0 Å². The van der Waals surface area contributed by atoms with Crippen LogP contribution in [-0.4, -0.2) is 13.0 Å². The van der Waals surface area contributed by atoms with Crippen molar-refractivity contribution in [2.75, 3.05) is 7.05 Å². The van der Waals surface area contributed by atoms with Crippen molar-refractivity contribution in [3.63, 3.8) is 0 Å². The van der Waals surface area contributed by atoms with E-state index in [9.17, 15) is 4.79 Å². The lowest BCUT2D eigenvalue weighted by molar-refractivity contribution is -0.120. The van der Waals surface area contributed by atoms with Crippen molar-refractivity contribution in [3.8, 4) is 12.3 Å². The van der Waals surface area contributed by atoms with Crippen molar-refractivity contribution >= 4 is 5.91 Å². The molecule has 0 aliphatic carbocycles. The van der Waals surface area contributed by atoms with Gasteiger partial charge in [0.25, 0.3) is 0 Å². The lowest BCUT2D eigenvalue weighted by atomic mass is 10.2. The average molecular weight is 151 g/mol. The molecule has 1 N–H and O–H groups in total. The molecule has 0 rings (SSSR count). The van der Waals surface area contributed by atoms with Gasteiger partial charge in [0.15, 0.2) is 0 Å². The number of hydrogen-bond acceptors (Lipinski definition) is 1. The number of allylic oxidation sites excluding steroid dienone is 2. The summed E-state index contributed by atoms with van der Waals surface area (Å²) in [6.07, 6.45) is 10.8. The molecule has 60 valence electrons. The van der Waals surface area contributed by atoms with E-state index in [0.717, 1.165) is 6.42 Å². The lowest BCUT2D eigenvalue weighted by Crippen LogP contribution is -2.16. The van der Waals surface area contributed by atoms with Crippen LogP contribution in [0.1, 0.15) is 19.3 Å². The highest BCUT2D eigenvalue weighted by atomic mass is 16.1. The van der Waals surface area contributed by atoms with Gasteiger partial charge in [0, 0.05) is 19.9 Å². The van der Waals surface area contributed by atoms with Gasteiger partial charge in [0.05, 0.1) is 0 Å². The van der Waals surface area contributed by atoms with Crippen LogP contribution in [0.15, 0.2) is 12.2 Å². The molecule has 0 atom stereocenters. The van der Waals surface area contributed by atoms with Gasteiger partial charge in [-0.25, -0.2) is 0 Å². The van der Waals surface area contributed by atoms with Crippen LogP contribution in [0.2, 0.25) is 0 Å². The number of terminal acetylenes is 1. The van der Waals surface area contributed by atoms with E-state index in [0.29, 0.717) is 12.8 Å². The predicted octanol–water partition coefficient (Wildman–Crippen LogP) is 1.09. The minimum atomic E-state index is 0.0651. The molecule has 1 amide bonds. The highest BCUT2D eigenvalue weighted by Gasteiger charge is 1.92. The third-order valence-corrected chi connectivity index (χ3v) is 1.22. The molecule has 0 saturated carbocycles. The molecular weight excluding hydrogens is 138 g/mol. The van der Waals surface area contributed by atoms with Gasteiger partial charge >= 0.3 is 0 Å². The maximum Gasteiger partial charge on any atom is 0.220 e. The van der Waals surface area contributed by atoms with Crippen LogP contribution in [0.25, 0.3) is 0 Å². The van der Waals surface area contributed by atoms with Crippen molar-refractivity contribution < 1.29 is 4.79 Å². The number of carbonyl (C=O) groups excluding carboxylic acids is 1. The Morgan fingerprint density at radius 1 is 1.64 bits per heavy atom. The quantitative estimate of drug-likeness (QED) is 0.473. The van der Waals surface area contributed by atoms with Crippen LogP contribution in [-0.2, 0) is 4.79 Å². The first-order valence-corrected chi connectivity index (χ1v) is 3.60. The van der Waals surface area contributed by atoms with Crippen molar-refractivity contribution in [2.45, 2.75) is 19.3 Å². The SMILES string of the molecule is C#CCC=CCCC(=O)NC. The Hall–Kier alpha value is -1.23. The van der Waals surface area contributed by atoms with Crippen molar-refractivity contribution in [1.82, 2.24) is 5.32 Å². The van der Waals surface area contributed by atoms with Crippen LogP contribution in [0.3, 0.4) is 0 Å². The van der Waals surface area contributed by atoms with E-state index < -0.39 is 0 Å². The molecule has 0 bridgehead atoms. The van der Waals surface area contributed by atoms with Crippen molar-refractivity contribution in [2.24, 2.45) is 0 Å². The molecule has 0 radical (unpaired) electrons. The Bertz CT molecular complexity index is 176. The summed E-state index contributed by atoms with van der Waals surface area (Å²) in [5.41, 5.74) is 0. The Kier molecular flexibility index (Phi) is 6.11. The molecule has 0 aromatic rings. The molecule has 0 heterocycles. The monoisotopic (exact) mass is 151 g/mol. The molecule has 0 spiro atoms. The van der Waals surface area contributed by atoms with Crippen LogP contribution in [0.4, 0.5) is 0 Å². The van der Waals surface area contributed by atoms with E-state index in [4.69, 9.17) is 6.42 Å². The molecule has 0 aliphatic heterocycles.